The predicted octanol–water partition coefficient (Wildman–Crippen LogP) is 3.85. The van der Waals surface area contributed by atoms with E-state index in [4.69, 9.17) is 0 Å². The molecular formula is C20H18F2N2O2S. The van der Waals surface area contributed by atoms with Gasteiger partial charge in [-0.05, 0) is 36.4 Å². The Morgan fingerprint density at radius 1 is 1.11 bits per heavy atom. The molecule has 140 valence electrons. The Bertz CT molecular complexity index is 905. The molecule has 1 unspecified atom stereocenters. The molecule has 27 heavy (non-hydrogen) atoms. The topological polar surface area (TPSA) is 40.6 Å². The molecule has 1 saturated heterocycles. The van der Waals surface area contributed by atoms with Gasteiger partial charge in [-0.25, -0.2) is 8.78 Å². The smallest absolute Gasteiger partial charge is 0.232 e. The number of amides is 2. The number of fused-ring (bicyclic) bond motifs is 1. The van der Waals surface area contributed by atoms with Crippen molar-refractivity contribution in [3.63, 3.8) is 0 Å². The van der Waals surface area contributed by atoms with Gasteiger partial charge in [0.2, 0.25) is 11.8 Å². The number of anilines is 2. The van der Waals surface area contributed by atoms with E-state index in [9.17, 15) is 18.4 Å². The third-order valence-electron chi connectivity index (χ3n) is 4.88. The van der Waals surface area contributed by atoms with E-state index in [1.54, 1.807) is 16.7 Å². The molecule has 0 aliphatic carbocycles. The number of benzene rings is 2. The Hall–Kier alpha value is -2.41. The maximum atomic E-state index is 14.1. The lowest BCUT2D eigenvalue weighted by atomic mass is 10.1. The van der Waals surface area contributed by atoms with Crippen LogP contribution in [0.5, 0.6) is 0 Å². The van der Waals surface area contributed by atoms with Crippen molar-refractivity contribution in [1.29, 1.82) is 0 Å². The summed E-state index contributed by atoms with van der Waals surface area (Å²) in [5.41, 5.74) is 0.882. The highest BCUT2D eigenvalue weighted by Crippen LogP contribution is 2.36. The average molecular weight is 388 g/mol. The molecule has 2 amide bonds. The van der Waals surface area contributed by atoms with Gasteiger partial charge in [-0.15, -0.1) is 11.8 Å². The number of carbonyl (C=O) groups excluding carboxylic acids is 2. The van der Waals surface area contributed by atoms with Crippen molar-refractivity contribution in [3.8, 4) is 0 Å². The van der Waals surface area contributed by atoms with Crippen LogP contribution >= 0.6 is 11.8 Å². The molecule has 1 fully saturated rings. The van der Waals surface area contributed by atoms with E-state index in [0.717, 1.165) is 34.9 Å². The van der Waals surface area contributed by atoms with Gasteiger partial charge in [0.05, 0.1) is 17.3 Å². The van der Waals surface area contributed by atoms with Gasteiger partial charge in [-0.2, -0.15) is 0 Å². The molecular weight excluding hydrogens is 370 g/mol. The Morgan fingerprint density at radius 2 is 1.93 bits per heavy atom. The standard InChI is InChI=1S/C20H18F2N2O2S/c21-14-6-7-16(15(22)11-14)24-12-13(10-19(24)25)20(26)23-8-3-9-27-18-5-2-1-4-17(18)23/h1-2,4-7,11,13H,3,8-10,12H2. The zero-order valence-corrected chi connectivity index (χ0v) is 15.3. The lowest BCUT2D eigenvalue weighted by Gasteiger charge is -2.25. The van der Waals surface area contributed by atoms with Crippen LogP contribution in [0.15, 0.2) is 47.4 Å². The van der Waals surface area contributed by atoms with Crippen molar-refractivity contribution >= 4 is 35.0 Å². The van der Waals surface area contributed by atoms with Crippen LogP contribution in [0, 0.1) is 17.6 Å². The Labute approximate surface area is 160 Å². The molecule has 0 radical (unpaired) electrons. The normalized spacial score (nSPS) is 19.8. The maximum Gasteiger partial charge on any atom is 0.232 e. The summed E-state index contributed by atoms with van der Waals surface area (Å²) in [5, 5.41) is 0. The summed E-state index contributed by atoms with van der Waals surface area (Å²) in [7, 11) is 0. The molecule has 0 N–H and O–H groups in total. The van der Waals surface area contributed by atoms with Gasteiger partial charge >= 0.3 is 0 Å². The summed E-state index contributed by atoms with van der Waals surface area (Å²) in [4.78, 5) is 29.6. The van der Waals surface area contributed by atoms with Crippen LogP contribution in [0.2, 0.25) is 0 Å². The number of hydrogen-bond donors (Lipinski definition) is 0. The molecule has 0 aromatic heterocycles. The third-order valence-corrected chi connectivity index (χ3v) is 6.03. The van der Waals surface area contributed by atoms with Crippen molar-refractivity contribution in [2.45, 2.75) is 17.7 Å². The molecule has 2 aliphatic rings. The summed E-state index contributed by atoms with van der Waals surface area (Å²) in [5.74, 6) is -1.56. The minimum Gasteiger partial charge on any atom is -0.311 e. The third kappa shape index (κ3) is 3.43. The van der Waals surface area contributed by atoms with Gasteiger partial charge in [0.15, 0.2) is 0 Å². The molecule has 4 nitrogen and oxygen atoms in total. The number of hydrogen-bond acceptors (Lipinski definition) is 3. The first-order valence-electron chi connectivity index (χ1n) is 8.83. The van der Waals surface area contributed by atoms with Gasteiger partial charge in [0.1, 0.15) is 11.6 Å². The van der Waals surface area contributed by atoms with Crippen LogP contribution in [0.25, 0.3) is 0 Å². The molecule has 0 spiro atoms. The summed E-state index contributed by atoms with van der Waals surface area (Å²) < 4.78 is 27.2. The van der Waals surface area contributed by atoms with Crippen molar-refractivity contribution in [1.82, 2.24) is 0 Å². The first kappa shape index (κ1) is 18.0. The van der Waals surface area contributed by atoms with E-state index in [0.29, 0.717) is 6.54 Å². The fourth-order valence-corrected chi connectivity index (χ4v) is 4.58. The number of nitrogens with zero attached hydrogens (tertiary/aromatic N) is 2. The Morgan fingerprint density at radius 3 is 2.74 bits per heavy atom. The van der Waals surface area contributed by atoms with E-state index >= 15 is 0 Å². The van der Waals surface area contributed by atoms with Crippen molar-refractivity contribution in [2.24, 2.45) is 5.92 Å². The van der Waals surface area contributed by atoms with Crippen molar-refractivity contribution in [3.05, 3.63) is 54.1 Å². The van der Waals surface area contributed by atoms with Gasteiger partial charge in [-0.3, -0.25) is 9.59 Å². The zero-order valence-electron chi connectivity index (χ0n) is 14.5. The summed E-state index contributed by atoms with van der Waals surface area (Å²) >= 11 is 1.72. The first-order valence-corrected chi connectivity index (χ1v) is 9.82. The SMILES string of the molecule is O=C1CC(C(=O)N2CCCSc3ccccc32)CN1c1ccc(F)cc1F. The first-order chi connectivity index (χ1) is 13.0. The number of carbonyl (C=O) groups is 2. The van der Waals surface area contributed by atoms with Crippen LogP contribution in [0.4, 0.5) is 20.2 Å². The van der Waals surface area contributed by atoms with E-state index in [1.165, 1.54) is 11.0 Å². The van der Waals surface area contributed by atoms with E-state index < -0.39 is 17.6 Å². The quantitative estimate of drug-likeness (QED) is 0.785. The second kappa shape index (κ2) is 7.31. The molecule has 1 atom stereocenters. The molecule has 2 aliphatic heterocycles. The van der Waals surface area contributed by atoms with Crippen molar-refractivity contribution < 1.29 is 18.4 Å². The highest BCUT2D eigenvalue weighted by molar-refractivity contribution is 7.99. The molecule has 2 aromatic carbocycles. The highest BCUT2D eigenvalue weighted by Gasteiger charge is 2.39. The van der Waals surface area contributed by atoms with E-state index in [1.807, 2.05) is 24.3 Å². The number of halogens is 2. The summed E-state index contributed by atoms with van der Waals surface area (Å²) in [6.07, 6.45) is 0.892. The number of para-hydroxylation sites is 1. The van der Waals surface area contributed by atoms with Crippen LogP contribution < -0.4 is 9.80 Å². The van der Waals surface area contributed by atoms with Crippen LogP contribution in [0.3, 0.4) is 0 Å². The Kier molecular flexibility index (Phi) is 4.86. The molecule has 0 saturated carbocycles. The highest BCUT2D eigenvalue weighted by atomic mass is 32.2. The maximum absolute atomic E-state index is 14.1. The van der Waals surface area contributed by atoms with Crippen LogP contribution in [-0.4, -0.2) is 30.7 Å². The van der Waals surface area contributed by atoms with Gasteiger partial charge < -0.3 is 9.80 Å². The Balaban J connectivity index is 1.58. The second-order valence-electron chi connectivity index (χ2n) is 6.66. The second-order valence-corrected chi connectivity index (χ2v) is 7.80. The zero-order chi connectivity index (χ0) is 19.0. The number of rotatable bonds is 2. The lowest BCUT2D eigenvalue weighted by Crippen LogP contribution is -2.38. The minimum atomic E-state index is -0.798. The van der Waals surface area contributed by atoms with Crippen LogP contribution in [-0.2, 0) is 9.59 Å². The number of thioether (sulfide) groups is 1. The van der Waals surface area contributed by atoms with Gasteiger partial charge in [0, 0.05) is 30.5 Å². The van der Waals surface area contributed by atoms with Crippen molar-refractivity contribution in [2.75, 3.05) is 28.6 Å². The monoisotopic (exact) mass is 388 g/mol. The molecule has 2 aromatic rings. The predicted molar refractivity (Wildman–Crippen MR) is 101 cm³/mol. The van der Waals surface area contributed by atoms with Gasteiger partial charge in [-0.1, -0.05) is 12.1 Å². The van der Waals surface area contributed by atoms with Crippen LogP contribution in [0.1, 0.15) is 12.8 Å². The average Bonchev–Trinajstić information content (AvgIpc) is 2.90. The largest absolute Gasteiger partial charge is 0.311 e. The lowest BCUT2D eigenvalue weighted by molar-refractivity contribution is -0.124. The molecule has 0 bridgehead atoms. The molecule has 4 rings (SSSR count). The fraction of sp³-hybridized carbons (Fsp3) is 0.300. The molecule has 2 heterocycles. The summed E-state index contributed by atoms with van der Waals surface area (Å²) in [6, 6.07) is 10.9. The fourth-order valence-electron chi connectivity index (χ4n) is 3.58. The molecule has 7 heteroatoms. The van der Waals surface area contributed by atoms with E-state index in [-0.39, 0.29) is 30.5 Å². The van der Waals surface area contributed by atoms with Gasteiger partial charge in [0.25, 0.3) is 0 Å². The minimum absolute atomic E-state index is 0.0172. The van der Waals surface area contributed by atoms with E-state index in [2.05, 4.69) is 0 Å². The summed E-state index contributed by atoms with van der Waals surface area (Å²) in [6.45, 7) is 0.699.